The van der Waals surface area contributed by atoms with Crippen LogP contribution in [0.25, 0.3) is 0 Å². The van der Waals surface area contributed by atoms with Crippen molar-refractivity contribution in [1.82, 2.24) is 0 Å². The molecule has 0 aromatic carbocycles. The zero-order valence-electron chi connectivity index (χ0n) is 14.9. The lowest BCUT2D eigenvalue weighted by Crippen LogP contribution is -2.00. The van der Waals surface area contributed by atoms with Crippen LogP contribution in [0.15, 0.2) is 12.2 Å². The molecule has 0 spiro atoms. The zero-order chi connectivity index (χ0) is 16.1. The minimum Gasteiger partial charge on any atom is -0.466 e. The van der Waals surface area contributed by atoms with Crippen LogP contribution in [0.1, 0.15) is 86.0 Å². The molecule has 0 saturated heterocycles. The molecule has 0 aromatic heterocycles. The molecule has 0 radical (unpaired) electrons. The van der Waals surface area contributed by atoms with Gasteiger partial charge in [-0.2, -0.15) is 0 Å². The largest absolute Gasteiger partial charge is 0.466 e. The Morgan fingerprint density at radius 3 is 2.05 bits per heavy atom. The van der Waals surface area contributed by atoms with Gasteiger partial charge in [-0.15, -0.1) is 0 Å². The summed E-state index contributed by atoms with van der Waals surface area (Å²) in [5.41, 5.74) is 0.306. The standard InChI is InChI=1S/C19H36O2/c1-17(14-15-19(3,4)5)13-11-9-7-6-8-10-12-16-21-18(2)20/h14-15,17H,6-13,16H2,1-5H3/b15-14+. The Balaban J connectivity index is 3.32. The van der Waals surface area contributed by atoms with E-state index in [2.05, 4.69) is 39.8 Å². The molecule has 0 aromatic rings. The third-order valence-electron chi connectivity index (χ3n) is 3.53. The van der Waals surface area contributed by atoms with Crippen molar-refractivity contribution >= 4 is 5.97 Å². The molecule has 1 unspecified atom stereocenters. The van der Waals surface area contributed by atoms with Gasteiger partial charge in [0.15, 0.2) is 0 Å². The maximum atomic E-state index is 10.6. The predicted molar refractivity (Wildman–Crippen MR) is 91.3 cm³/mol. The first-order chi connectivity index (χ1) is 9.81. The van der Waals surface area contributed by atoms with Gasteiger partial charge in [-0.05, 0) is 24.2 Å². The van der Waals surface area contributed by atoms with Crippen LogP contribution in [0.2, 0.25) is 0 Å². The number of carbonyl (C=O) groups excluding carboxylic acids is 1. The van der Waals surface area contributed by atoms with Crippen LogP contribution in [-0.4, -0.2) is 12.6 Å². The van der Waals surface area contributed by atoms with Crippen LogP contribution in [0.3, 0.4) is 0 Å². The monoisotopic (exact) mass is 296 g/mol. The maximum absolute atomic E-state index is 10.6. The van der Waals surface area contributed by atoms with Gasteiger partial charge in [-0.25, -0.2) is 0 Å². The van der Waals surface area contributed by atoms with Crippen LogP contribution >= 0.6 is 0 Å². The van der Waals surface area contributed by atoms with Crippen molar-refractivity contribution in [1.29, 1.82) is 0 Å². The van der Waals surface area contributed by atoms with E-state index in [1.807, 2.05) is 0 Å². The van der Waals surface area contributed by atoms with Crippen molar-refractivity contribution in [2.24, 2.45) is 11.3 Å². The number of allylic oxidation sites excluding steroid dienone is 2. The van der Waals surface area contributed by atoms with Crippen LogP contribution in [-0.2, 0) is 9.53 Å². The first-order valence-corrected chi connectivity index (χ1v) is 8.64. The zero-order valence-corrected chi connectivity index (χ0v) is 14.9. The van der Waals surface area contributed by atoms with Gasteiger partial charge >= 0.3 is 5.97 Å². The highest BCUT2D eigenvalue weighted by atomic mass is 16.5. The third kappa shape index (κ3) is 17.2. The first kappa shape index (κ1) is 20.2. The summed E-state index contributed by atoms with van der Waals surface area (Å²) in [5, 5.41) is 0. The number of unbranched alkanes of at least 4 members (excludes halogenated alkanes) is 6. The van der Waals surface area contributed by atoms with Crippen LogP contribution in [0.5, 0.6) is 0 Å². The Labute approximate surface area is 132 Å². The molecule has 0 bridgehead atoms. The lowest BCUT2D eigenvalue weighted by molar-refractivity contribution is -0.141. The summed E-state index contributed by atoms with van der Waals surface area (Å²) in [6, 6.07) is 0. The highest BCUT2D eigenvalue weighted by Gasteiger charge is 2.05. The fraction of sp³-hybridized carbons (Fsp3) is 0.842. The van der Waals surface area contributed by atoms with Gasteiger partial charge in [0.1, 0.15) is 0 Å². The van der Waals surface area contributed by atoms with Gasteiger partial charge in [0.2, 0.25) is 0 Å². The average Bonchev–Trinajstić information content (AvgIpc) is 2.37. The molecule has 2 nitrogen and oxygen atoms in total. The SMILES string of the molecule is CC(=O)OCCCCCCCCCC(C)/C=C/C(C)(C)C. The molecule has 0 aliphatic carbocycles. The fourth-order valence-corrected chi connectivity index (χ4v) is 2.22. The van der Waals surface area contributed by atoms with E-state index in [9.17, 15) is 4.79 Å². The molecule has 21 heavy (non-hydrogen) atoms. The predicted octanol–water partition coefficient (Wildman–Crippen LogP) is 5.91. The minimum atomic E-state index is -0.162. The van der Waals surface area contributed by atoms with Gasteiger partial charge in [-0.3, -0.25) is 4.79 Å². The maximum Gasteiger partial charge on any atom is 0.302 e. The molecule has 0 fully saturated rings. The van der Waals surface area contributed by atoms with E-state index in [1.54, 1.807) is 0 Å². The van der Waals surface area contributed by atoms with E-state index in [-0.39, 0.29) is 5.97 Å². The minimum absolute atomic E-state index is 0.162. The summed E-state index contributed by atoms with van der Waals surface area (Å²) in [4.78, 5) is 10.6. The number of hydrogen-bond donors (Lipinski definition) is 0. The van der Waals surface area contributed by atoms with Crippen LogP contribution < -0.4 is 0 Å². The number of carbonyl (C=O) groups is 1. The smallest absolute Gasteiger partial charge is 0.302 e. The van der Waals surface area contributed by atoms with Gasteiger partial charge in [0.25, 0.3) is 0 Å². The fourth-order valence-electron chi connectivity index (χ4n) is 2.22. The van der Waals surface area contributed by atoms with Crippen molar-refractivity contribution in [2.75, 3.05) is 6.61 Å². The van der Waals surface area contributed by atoms with Crippen LogP contribution in [0, 0.1) is 11.3 Å². The normalized spacial score (nSPS) is 13.6. The molecule has 2 heteroatoms. The molecular formula is C19H36O2. The van der Waals surface area contributed by atoms with Crippen molar-refractivity contribution in [3.05, 3.63) is 12.2 Å². The Morgan fingerprint density at radius 2 is 1.52 bits per heavy atom. The third-order valence-corrected chi connectivity index (χ3v) is 3.53. The number of esters is 1. The summed E-state index contributed by atoms with van der Waals surface area (Å²) in [6.45, 7) is 11.1. The summed E-state index contributed by atoms with van der Waals surface area (Å²) in [5.74, 6) is 0.539. The summed E-state index contributed by atoms with van der Waals surface area (Å²) >= 11 is 0. The summed E-state index contributed by atoms with van der Waals surface area (Å²) < 4.78 is 4.91. The molecule has 0 aliphatic rings. The molecule has 0 heterocycles. The highest BCUT2D eigenvalue weighted by Crippen LogP contribution is 2.19. The van der Waals surface area contributed by atoms with Gasteiger partial charge in [-0.1, -0.05) is 78.4 Å². The van der Waals surface area contributed by atoms with E-state index in [1.165, 1.54) is 51.9 Å². The van der Waals surface area contributed by atoms with Crippen molar-refractivity contribution in [3.63, 3.8) is 0 Å². The lowest BCUT2D eigenvalue weighted by atomic mass is 9.93. The van der Waals surface area contributed by atoms with E-state index in [4.69, 9.17) is 4.74 Å². The van der Waals surface area contributed by atoms with Crippen molar-refractivity contribution in [2.45, 2.75) is 86.0 Å². The molecule has 0 rings (SSSR count). The second-order valence-corrected chi connectivity index (χ2v) is 7.31. The second kappa shape index (κ2) is 11.8. The molecular weight excluding hydrogens is 260 g/mol. The number of rotatable bonds is 11. The van der Waals surface area contributed by atoms with Crippen molar-refractivity contribution < 1.29 is 9.53 Å². The molecule has 0 aliphatic heterocycles. The van der Waals surface area contributed by atoms with E-state index in [0.29, 0.717) is 17.9 Å². The molecule has 124 valence electrons. The molecule has 0 N–H and O–H groups in total. The summed E-state index contributed by atoms with van der Waals surface area (Å²) in [7, 11) is 0. The second-order valence-electron chi connectivity index (χ2n) is 7.31. The number of hydrogen-bond acceptors (Lipinski definition) is 2. The van der Waals surface area contributed by atoms with Crippen molar-refractivity contribution in [3.8, 4) is 0 Å². The quantitative estimate of drug-likeness (QED) is 0.269. The van der Waals surface area contributed by atoms with Gasteiger partial charge < -0.3 is 4.74 Å². The average molecular weight is 296 g/mol. The summed E-state index contributed by atoms with van der Waals surface area (Å²) in [6.07, 6.45) is 14.8. The Morgan fingerprint density at radius 1 is 1.00 bits per heavy atom. The van der Waals surface area contributed by atoms with E-state index < -0.39 is 0 Å². The topological polar surface area (TPSA) is 26.3 Å². The van der Waals surface area contributed by atoms with Gasteiger partial charge in [0, 0.05) is 6.92 Å². The first-order valence-electron chi connectivity index (χ1n) is 8.64. The Bertz CT molecular complexity index is 286. The van der Waals surface area contributed by atoms with Gasteiger partial charge in [0.05, 0.1) is 6.61 Å². The van der Waals surface area contributed by atoms with E-state index in [0.717, 1.165) is 6.42 Å². The molecule has 1 atom stereocenters. The highest BCUT2D eigenvalue weighted by molar-refractivity contribution is 5.65. The Hall–Kier alpha value is -0.790. The Kier molecular flexibility index (Phi) is 11.4. The van der Waals surface area contributed by atoms with E-state index >= 15 is 0 Å². The lowest BCUT2D eigenvalue weighted by Gasteiger charge is -2.13. The molecule has 0 amide bonds. The number of ether oxygens (including phenoxy) is 1. The van der Waals surface area contributed by atoms with Crippen LogP contribution in [0.4, 0.5) is 0 Å². The molecule has 0 saturated carbocycles.